The summed E-state index contributed by atoms with van der Waals surface area (Å²) in [5.74, 6) is 0.143. The highest BCUT2D eigenvalue weighted by Gasteiger charge is 2.25. The van der Waals surface area contributed by atoms with Crippen molar-refractivity contribution < 1.29 is 4.79 Å². The molecule has 5 rings (SSSR count). The van der Waals surface area contributed by atoms with Gasteiger partial charge in [0.15, 0.2) is 0 Å². The Morgan fingerprint density at radius 3 is 2.93 bits per heavy atom. The highest BCUT2D eigenvalue weighted by Crippen LogP contribution is 2.27. The van der Waals surface area contributed by atoms with Gasteiger partial charge in [-0.3, -0.25) is 4.79 Å². The molecule has 0 saturated heterocycles. The zero-order chi connectivity index (χ0) is 20.8. The van der Waals surface area contributed by atoms with Crippen molar-refractivity contribution in [1.82, 2.24) is 25.4 Å². The lowest BCUT2D eigenvalue weighted by atomic mass is 9.92. The van der Waals surface area contributed by atoms with Crippen LogP contribution in [0, 0.1) is 10.6 Å². The maximum atomic E-state index is 12.2. The van der Waals surface area contributed by atoms with Crippen LogP contribution < -0.4 is 16.1 Å². The summed E-state index contributed by atoms with van der Waals surface area (Å²) in [6.45, 7) is 1.49. The smallest absolute Gasteiger partial charge is 0.223 e. The van der Waals surface area contributed by atoms with Crippen LogP contribution in [0.1, 0.15) is 12.8 Å². The summed E-state index contributed by atoms with van der Waals surface area (Å²) in [6.07, 6.45) is 3.52. The van der Waals surface area contributed by atoms with Gasteiger partial charge in [-0.15, -0.1) is 10.2 Å². The van der Waals surface area contributed by atoms with Crippen LogP contribution in [-0.4, -0.2) is 66.3 Å². The number of hydrazine groups is 1. The molecular weight excluding hydrogens is 376 g/mol. The van der Waals surface area contributed by atoms with Gasteiger partial charge in [0.25, 0.3) is 0 Å². The Hall–Kier alpha value is -3.03. The number of hydrogen-bond donors (Lipinski definition) is 2. The van der Waals surface area contributed by atoms with E-state index in [-0.39, 0.29) is 11.9 Å². The predicted octanol–water partition coefficient (Wildman–Crippen LogP) is 1.26. The molecule has 1 amide bonds. The number of fused-ring (bicyclic) bond motifs is 2. The van der Waals surface area contributed by atoms with Gasteiger partial charge in [0, 0.05) is 62.9 Å². The van der Waals surface area contributed by atoms with Gasteiger partial charge in [0.1, 0.15) is 5.35 Å². The van der Waals surface area contributed by atoms with E-state index < -0.39 is 0 Å². The van der Waals surface area contributed by atoms with Gasteiger partial charge in [-0.25, -0.2) is 5.01 Å². The molecule has 4 aliphatic rings. The molecule has 1 atom stereocenters. The summed E-state index contributed by atoms with van der Waals surface area (Å²) < 4.78 is 0. The SMILES string of the molecule is CN1CC(C2=CCNC(CC(=O)N(C)C)C2)=c2nnc3ccc4cccc(c2N1)c4=3. The molecule has 1 unspecified atom stereocenters. The van der Waals surface area contributed by atoms with Crippen LogP contribution in [0.3, 0.4) is 0 Å². The van der Waals surface area contributed by atoms with Gasteiger partial charge in [0.05, 0.1) is 11.0 Å². The molecular formula is C23H26N6O. The average molecular weight is 403 g/mol. The predicted molar refractivity (Wildman–Crippen MR) is 118 cm³/mol. The highest BCUT2D eigenvalue weighted by atomic mass is 16.2. The molecule has 7 nitrogen and oxygen atoms in total. The van der Waals surface area contributed by atoms with Crippen LogP contribution in [0.2, 0.25) is 0 Å². The van der Waals surface area contributed by atoms with Crippen LogP contribution >= 0.6 is 0 Å². The second kappa shape index (κ2) is 7.34. The second-order valence-electron chi connectivity index (χ2n) is 8.39. The van der Waals surface area contributed by atoms with Gasteiger partial charge >= 0.3 is 0 Å². The molecule has 1 aliphatic carbocycles. The number of nitrogens with zero attached hydrogens (tertiary/aromatic N) is 4. The first-order valence-corrected chi connectivity index (χ1v) is 10.3. The van der Waals surface area contributed by atoms with Crippen molar-refractivity contribution in [3.63, 3.8) is 0 Å². The molecule has 2 N–H and O–H groups in total. The van der Waals surface area contributed by atoms with Crippen molar-refractivity contribution in [2.45, 2.75) is 18.9 Å². The average Bonchev–Trinajstić information content (AvgIpc) is 3.08. The molecule has 30 heavy (non-hydrogen) atoms. The summed E-state index contributed by atoms with van der Waals surface area (Å²) >= 11 is 0. The second-order valence-corrected chi connectivity index (χ2v) is 8.39. The van der Waals surface area contributed by atoms with Crippen molar-refractivity contribution in [2.24, 2.45) is 0 Å². The molecule has 1 aromatic rings. The zero-order valence-electron chi connectivity index (χ0n) is 17.6. The number of amides is 1. The third-order valence-corrected chi connectivity index (χ3v) is 6.05. The summed E-state index contributed by atoms with van der Waals surface area (Å²) in [4.78, 5) is 13.9. The van der Waals surface area contributed by atoms with E-state index in [4.69, 9.17) is 5.10 Å². The first-order chi connectivity index (χ1) is 14.5. The minimum absolute atomic E-state index is 0.127. The van der Waals surface area contributed by atoms with Crippen molar-refractivity contribution in [1.29, 1.82) is 0 Å². The van der Waals surface area contributed by atoms with E-state index in [1.807, 2.05) is 13.1 Å². The number of nitrogens with one attached hydrogen (secondary N) is 2. The van der Waals surface area contributed by atoms with E-state index in [9.17, 15) is 4.79 Å². The Labute approximate surface area is 175 Å². The van der Waals surface area contributed by atoms with Crippen LogP contribution in [-0.2, 0) is 4.79 Å². The fourth-order valence-electron chi connectivity index (χ4n) is 4.49. The Kier molecular flexibility index (Phi) is 4.64. The summed E-state index contributed by atoms with van der Waals surface area (Å²) in [5, 5.41) is 20.1. The Morgan fingerprint density at radius 1 is 1.23 bits per heavy atom. The highest BCUT2D eigenvalue weighted by molar-refractivity contribution is 5.85. The number of carbonyl (C=O) groups excluding carboxylic acids is 1. The molecule has 0 fully saturated rings. The molecule has 3 aliphatic heterocycles. The van der Waals surface area contributed by atoms with Crippen LogP contribution in [0.25, 0.3) is 16.3 Å². The minimum atomic E-state index is 0.127. The maximum Gasteiger partial charge on any atom is 0.223 e. The van der Waals surface area contributed by atoms with Gasteiger partial charge < -0.3 is 15.6 Å². The van der Waals surface area contributed by atoms with Crippen molar-refractivity contribution in [2.75, 3.05) is 39.7 Å². The third-order valence-electron chi connectivity index (χ3n) is 6.05. The molecule has 1 aromatic carbocycles. The molecule has 0 saturated carbocycles. The van der Waals surface area contributed by atoms with Gasteiger partial charge in [-0.1, -0.05) is 30.3 Å². The largest absolute Gasteiger partial charge is 0.349 e. The Bertz CT molecular complexity index is 1280. The van der Waals surface area contributed by atoms with Gasteiger partial charge in [0.2, 0.25) is 5.91 Å². The topological polar surface area (TPSA) is 73.4 Å². The number of rotatable bonds is 3. The number of benzene rings is 1. The molecule has 3 heterocycles. The van der Waals surface area contributed by atoms with E-state index in [2.05, 4.69) is 51.2 Å². The van der Waals surface area contributed by atoms with E-state index in [1.165, 1.54) is 16.5 Å². The zero-order valence-corrected chi connectivity index (χ0v) is 17.6. The van der Waals surface area contributed by atoms with Crippen molar-refractivity contribution in [3.05, 3.63) is 57.9 Å². The normalized spacial score (nSPS) is 19.5. The summed E-state index contributed by atoms with van der Waals surface area (Å²) in [6, 6.07) is 10.6. The van der Waals surface area contributed by atoms with Crippen LogP contribution in [0.4, 0.5) is 5.69 Å². The Balaban J connectivity index is 1.65. The van der Waals surface area contributed by atoms with Crippen molar-refractivity contribution in [3.8, 4) is 0 Å². The molecule has 7 heteroatoms. The molecule has 0 radical (unpaired) electrons. The molecule has 154 valence electrons. The molecule has 0 spiro atoms. The first kappa shape index (κ1) is 19.0. The summed E-state index contributed by atoms with van der Waals surface area (Å²) in [7, 11) is 5.66. The lowest BCUT2D eigenvalue weighted by molar-refractivity contribution is -0.129. The first-order valence-electron chi connectivity index (χ1n) is 10.3. The maximum absolute atomic E-state index is 12.2. The van der Waals surface area contributed by atoms with Crippen LogP contribution in [0.5, 0.6) is 0 Å². The number of hydrogen-bond acceptors (Lipinski definition) is 6. The van der Waals surface area contributed by atoms with Crippen LogP contribution in [0.15, 0.2) is 42.0 Å². The Morgan fingerprint density at radius 2 is 2.10 bits per heavy atom. The fourth-order valence-corrected chi connectivity index (χ4v) is 4.49. The monoisotopic (exact) mass is 402 g/mol. The van der Waals surface area contributed by atoms with Gasteiger partial charge in [-0.05, 0) is 23.4 Å². The minimum Gasteiger partial charge on any atom is -0.349 e. The number of carbonyl (C=O) groups is 1. The standard InChI is InChI=1S/C23H26N6O/c1-28(2)20(30)12-16-11-15(9-10-24-16)18-13-29(3)27-23-17-6-4-5-14-7-8-19(21(14)17)25-26-22(18)23/h4-9,16,24,27H,10-13H2,1-3H3. The quantitative estimate of drug-likeness (QED) is 0.687. The summed E-state index contributed by atoms with van der Waals surface area (Å²) in [5.41, 5.74) is 6.94. The van der Waals surface area contributed by atoms with Crippen molar-refractivity contribution >= 4 is 27.9 Å². The fraction of sp³-hybridized carbons (Fsp3) is 0.348. The van der Waals surface area contributed by atoms with E-state index >= 15 is 0 Å². The third kappa shape index (κ3) is 3.20. The number of aromatic nitrogens is 2. The molecule has 0 aromatic heterocycles. The lowest BCUT2D eigenvalue weighted by Crippen LogP contribution is -2.42. The number of anilines is 1. The van der Waals surface area contributed by atoms with Gasteiger partial charge in [-0.2, -0.15) is 0 Å². The van der Waals surface area contributed by atoms with E-state index in [1.54, 1.807) is 19.0 Å². The van der Waals surface area contributed by atoms with E-state index in [0.29, 0.717) is 6.42 Å². The van der Waals surface area contributed by atoms with E-state index in [0.717, 1.165) is 46.5 Å². The lowest BCUT2D eigenvalue weighted by Gasteiger charge is -2.31. The molecule has 0 bridgehead atoms.